The molecule has 4 atom stereocenters. The summed E-state index contributed by atoms with van der Waals surface area (Å²) in [5, 5.41) is 0.531. The van der Waals surface area contributed by atoms with E-state index in [-0.39, 0.29) is 35.1 Å². The first kappa shape index (κ1) is 30.2. The van der Waals surface area contributed by atoms with Gasteiger partial charge in [0.1, 0.15) is 11.3 Å². The number of aromatic nitrogens is 1. The summed E-state index contributed by atoms with van der Waals surface area (Å²) in [6.45, 7) is 4.24. The van der Waals surface area contributed by atoms with Crippen LogP contribution in [-0.2, 0) is 25.2 Å². The van der Waals surface area contributed by atoms with Crippen LogP contribution in [0.25, 0.3) is 22.2 Å². The Kier molecular flexibility index (Phi) is 6.65. The minimum atomic E-state index is -3.72. The fourth-order valence-electron chi connectivity index (χ4n) is 9.65. The molecule has 11 heteroatoms. The Labute approximate surface area is 280 Å². The van der Waals surface area contributed by atoms with Crippen LogP contribution in [0.3, 0.4) is 0 Å². The molecule has 3 aliphatic carbocycles. The number of carbonyl (C=O) groups is 3. The molecule has 48 heavy (non-hydrogen) atoms. The van der Waals surface area contributed by atoms with Crippen LogP contribution < -0.4 is 9.46 Å². The van der Waals surface area contributed by atoms with Crippen LogP contribution in [0.2, 0.25) is 0 Å². The fraction of sp³-hybridized carbons (Fsp3) is 0.541. The lowest BCUT2D eigenvalue weighted by atomic mass is 9.80. The number of ether oxygens (including phenoxy) is 1. The van der Waals surface area contributed by atoms with E-state index in [1.54, 1.807) is 20.1 Å². The summed E-state index contributed by atoms with van der Waals surface area (Å²) in [7, 11) is -2.05. The highest BCUT2D eigenvalue weighted by atomic mass is 32.2. The van der Waals surface area contributed by atoms with E-state index in [1.165, 1.54) is 12.0 Å². The van der Waals surface area contributed by atoms with Gasteiger partial charge in [-0.2, -0.15) is 0 Å². The van der Waals surface area contributed by atoms with Crippen molar-refractivity contribution in [3.63, 3.8) is 0 Å². The molecule has 0 spiro atoms. The van der Waals surface area contributed by atoms with Gasteiger partial charge < -0.3 is 19.1 Å². The first-order chi connectivity index (χ1) is 23.1. The maximum Gasteiger partial charge on any atom is 0.264 e. The van der Waals surface area contributed by atoms with Gasteiger partial charge in [-0.05, 0) is 79.5 Å². The molecule has 3 saturated carbocycles. The number of fused-ring (bicyclic) bond motifs is 9. The van der Waals surface area contributed by atoms with Gasteiger partial charge in [0, 0.05) is 67.4 Å². The second kappa shape index (κ2) is 10.6. The summed E-state index contributed by atoms with van der Waals surface area (Å²) in [4.78, 5) is 44.6. The van der Waals surface area contributed by atoms with Gasteiger partial charge in [0.05, 0.1) is 23.6 Å². The van der Waals surface area contributed by atoms with Crippen LogP contribution in [0.5, 0.6) is 5.75 Å². The van der Waals surface area contributed by atoms with E-state index in [0.29, 0.717) is 51.4 Å². The van der Waals surface area contributed by atoms with Crippen molar-refractivity contribution in [2.24, 2.45) is 11.8 Å². The molecule has 10 nitrogen and oxygen atoms in total. The molecule has 6 aliphatic rings. The van der Waals surface area contributed by atoms with Gasteiger partial charge in [0.15, 0.2) is 0 Å². The molecule has 4 unspecified atom stereocenters. The number of nitrogens with one attached hydrogen (secondary N) is 1. The zero-order valence-corrected chi connectivity index (χ0v) is 28.4. The van der Waals surface area contributed by atoms with Crippen molar-refractivity contribution >= 4 is 38.6 Å². The van der Waals surface area contributed by atoms with Crippen LogP contribution in [0.1, 0.15) is 91.6 Å². The minimum Gasteiger partial charge on any atom is -0.497 e. The van der Waals surface area contributed by atoms with Gasteiger partial charge in [0.25, 0.3) is 5.91 Å². The van der Waals surface area contributed by atoms with E-state index < -0.39 is 26.7 Å². The standard InChI is InChI=1S/C37H42N4O6S/c1-21(42)39-17-24-19-40(20-25(24)18-39)36(44)37-16-31(37)30-15-26(47-2)9-13-28(30)34-33(22-6-4-3-5-7-22)29-12-8-23(14-32(29)41(34)37)35(43)38-48(45,46)27-10-11-27/h8-9,12-15,22,24-25,27,31H,3-7,10-11,16-20H2,1-2H3,(H,38,43). The number of methoxy groups -OCH3 is 1. The molecule has 1 N–H and O–H groups in total. The van der Waals surface area contributed by atoms with Gasteiger partial charge in [0.2, 0.25) is 21.8 Å². The number of amides is 3. The minimum absolute atomic E-state index is 0.0562. The zero-order valence-electron chi connectivity index (χ0n) is 27.5. The highest BCUT2D eigenvalue weighted by Crippen LogP contribution is 2.67. The largest absolute Gasteiger partial charge is 0.497 e. The van der Waals surface area contributed by atoms with E-state index in [1.807, 2.05) is 28.0 Å². The van der Waals surface area contributed by atoms with Crippen molar-refractivity contribution in [2.45, 2.75) is 80.9 Å². The molecule has 2 saturated heterocycles. The molecule has 252 valence electrons. The Hall–Kier alpha value is -3.86. The van der Waals surface area contributed by atoms with E-state index in [2.05, 4.69) is 21.4 Å². The first-order valence-corrected chi connectivity index (χ1v) is 19.1. The molecule has 3 amide bonds. The second-order valence-electron chi connectivity index (χ2n) is 15.1. The fourth-order valence-corrected chi connectivity index (χ4v) is 10.9. The number of benzene rings is 2. The molecule has 9 rings (SSSR count). The lowest BCUT2D eigenvalue weighted by Gasteiger charge is -2.34. The molecule has 3 aliphatic heterocycles. The summed E-state index contributed by atoms with van der Waals surface area (Å²) in [5.41, 5.74) is 4.78. The molecular formula is C37H42N4O6S. The summed E-state index contributed by atoms with van der Waals surface area (Å²) in [6.07, 6.45) is 7.40. The molecule has 0 bridgehead atoms. The predicted octanol–water partition coefficient (Wildman–Crippen LogP) is 4.72. The third-order valence-corrected chi connectivity index (χ3v) is 14.1. The Balaban J connectivity index is 1.21. The normalized spacial score (nSPS) is 27.7. The van der Waals surface area contributed by atoms with Gasteiger partial charge in [-0.3, -0.25) is 14.4 Å². The van der Waals surface area contributed by atoms with Crippen molar-refractivity contribution < 1.29 is 27.5 Å². The highest BCUT2D eigenvalue weighted by Gasteiger charge is 2.68. The Morgan fingerprint density at radius 3 is 2.27 bits per heavy atom. The van der Waals surface area contributed by atoms with E-state index in [4.69, 9.17) is 4.74 Å². The summed E-state index contributed by atoms with van der Waals surface area (Å²) in [6, 6.07) is 11.8. The van der Waals surface area contributed by atoms with E-state index in [9.17, 15) is 18.0 Å². The molecule has 3 aromatic rings. The Morgan fingerprint density at radius 2 is 1.60 bits per heavy atom. The third-order valence-electron chi connectivity index (χ3n) is 12.3. The summed E-state index contributed by atoms with van der Waals surface area (Å²) < 4.78 is 35.7. The van der Waals surface area contributed by atoms with E-state index in [0.717, 1.165) is 59.2 Å². The number of sulfonamides is 1. The number of carbonyl (C=O) groups excluding carboxylic acids is 3. The topological polar surface area (TPSA) is 118 Å². The maximum absolute atomic E-state index is 15.1. The second-order valence-corrected chi connectivity index (χ2v) is 17.1. The Morgan fingerprint density at radius 1 is 0.896 bits per heavy atom. The van der Waals surface area contributed by atoms with Gasteiger partial charge in [-0.15, -0.1) is 0 Å². The maximum atomic E-state index is 15.1. The van der Waals surface area contributed by atoms with Gasteiger partial charge in [-0.1, -0.05) is 25.3 Å². The van der Waals surface area contributed by atoms with Crippen molar-refractivity contribution in [1.82, 2.24) is 19.1 Å². The number of rotatable bonds is 6. The molecule has 5 fully saturated rings. The van der Waals surface area contributed by atoms with Crippen molar-refractivity contribution in [1.29, 1.82) is 0 Å². The van der Waals surface area contributed by atoms with Crippen molar-refractivity contribution in [2.75, 3.05) is 33.3 Å². The lowest BCUT2D eigenvalue weighted by Crippen LogP contribution is -2.44. The molecule has 2 aromatic carbocycles. The number of hydrogen-bond acceptors (Lipinski definition) is 6. The average molecular weight is 671 g/mol. The van der Waals surface area contributed by atoms with Gasteiger partial charge in [-0.25, -0.2) is 13.1 Å². The van der Waals surface area contributed by atoms with Crippen molar-refractivity contribution in [3.8, 4) is 17.0 Å². The SMILES string of the molecule is COc1ccc2c(c1)C1CC1(C(=O)N1CC3CN(C(C)=O)CC3C1)n1c-2c(C2CCCCC2)c2ccc(C(=O)NS(=O)(=O)C3CC3)cc21. The van der Waals surface area contributed by atoms with Crippen LogP contribution >= 0.6 is 0 Å². The van der Waals surface area contributed by atoms with Crippen LogP contribution in [0.4, 0.5) is 0 Å². The quantitative estimate of drug-likeness (QED) is 0.406. The number of likely N-dealkylation sites (tertiary alicyclic amines) is 2. The zero-order chi connectivity index (χ0) is 33.1. The molecule has 4 heterocycles. The third kappa shape index (κ3) is 4.41. The smallest absolute Gasteiger partial charge is 0.264 e. The van der Waals surface area contributed by atoms with E-state index >= 15 is 4.79 Å². The average Bonchev–Trinajstić information content (AvgIpc) is 3.96. The monoisotopic (exact) mass is 670 g/mol. The lowest BCUT2D eigenvalue weighted by molar-refractivity contribution is -0.135. The highest BCUT2D eigenvalue weighted by molar-refractivity contribution is 7.91. The summed E-state index contributed by atoms with van der Waals surface area (Å²) in [5.74, 6) is 1.12. The molecule has 1 aromatic heterocycles. The van der Waals surface area contributed by atoms with Gasteiger partial charge >= 0.3 is 0 Å². The Bertz CT molecular complexity index is 2000. The molecule has 0 radical (unpaired) electrons. The van der Waals surface area contributed by atoms with Crippen LogP contribution in [0, 0.1) is 11.8 Å². The first-order valence-electron chi connectivity index (χ1n) is 17.6. The van der Waals surface area contributed by atoms with Crippen LogP contribution in [0.15, 0.2) is 36.4 Å². The van der Waals surface area contributed by atoms with Crippen LogP contribution in [-0.4, -0.2) is 79.0 Å². The number of hydrogen-bond donors (Lipinski definition) is 1. The predicted molar refractivity (Wildman–Crippen MR) is 180 cm³/mol. The molecular weight excluding hydrogens is 628 g/mol. The summed E-state index contributed by atoms with van der Waals surface area (Å²) >= 11 is 0. The van der Waals surface area contributed by atoms with Crippen molar-refractivity contribution in [3.05, 3.63) is 53.1 Å². The number of nitrogens with zero attached hydrogens (tertiary/aromatic N) is 3.